The van der Waals surface area contributed by atoms with Crippen LogP contribution in [0.4, 0.5) is 5.69 Å². The van der Waals surface area contributed by atoms with Gasteiger partial charge in [0.25, 0.3) is 10.0 Å². The molecule has 0 N–H and O–H groups in total. The molecule has 2 aliphatic rings. The summed E-state index contributed by atoms with van der Waals surface area (Å²) in [5, 5.41) is 0.0548. The summed E-state index contributed by atoms with van der Waals surface area (Å²) >= 11 is 5.56. The van der Waals surface area contributed by atoms with Gasteiger partial charge in [0.1, 0.15) is 4.99 Å². The Balaban J connectivity index is 1.73. The van der Waals surface area contributed by atoms with Crippen molar-refractivity contribution in [2.24, 2.45) is 0 Å². The van der Waals surface area contributed by atoms with Crippen molar-refractivity contribution in [1.29, 1.82) is 0 Å². The summed E-state index contributed by atoms with van der Waals surface area (Å²) in [5.41, 5.74) is 1.09. The first-order valence-electron chi connectivity index (χ1n) is 10.5. The molecule has 29 heavy (non-hydrogen) atoms. The predicted molar refractivity (Wildman–Crippen MR) is 126 cm³/mol. The van der Waals surface area contributed by atoms with Gasteiger partial charge in [0, 0.05) is 25.3 Å². The molecule has 0 aromatic heterocycles. The molecule has 1 atom stereocenters. The van der Waals surface area contributed by atoms with Crippen LogP contribution in [0.25, 0.3) is 0 Å². The summed E-state index contributed by atoms with van der Waals surface area (Å²) in [5.74, 6) is 0. The topological polar surface area (TPSA) is 49.9 Å². The Kier molecular flexibility index (Phi) is 6.49. The molecule has 2 saturated heterocycles. The second-order valence-corrected chi connectivity index (χ2v) is 16.6. The lowest BCUT2D eigenvalue weighted by Gasteiger charge is -2.38. The first-order valence-corrected chi connectivity index (χ1v) is 15.3. The molecule has 1 aromatic carbocycles. The number of piperidine rings is 1. The van der Waals surface area contributed by atoms with Gasteiger partial charge in [-0.3, -0.25) is 4.31 Å². The van der Waals surface area contributed by atoms with Crippen molar-refractivity contribution >= 4 is 41.2 Å². The molecule has 2 fully saturated rings. The Morgan fingerprint density at radius 2 is 1.62 bits per heavy atom. The predicted octanol–water partition coefficient (Wildman–Crippen LogP) is 4.79. The lowest BCUT2D eigenvalue weighted by Crippen LogP contribution is -2.46. The quantitative estimate of drug-likeness (QED) is 0.473. The highest BCUT2D eigenvalue weighted by molar-refractivity contribution is 7.91. The molecule has 0 amide bonds. The van der Waals surface area contributed by atoms with Crippen molar-refractivity contribution in [2.75, 3.05) is 24.5 Å². The van der Waals surface area contributed by atoms with Crippen LogP contribution in [0.1, 0.15) is 46.5 Å². The second-order valence-electron chi connectivity index (χ2n) is 9.61. The normalized spacial score (nSPS) is 21.7. The second kappa shape index (κ2) is 8.28. The number of anilines is 1. The van der Waals surface area contributed by atoms with E-state index in [9.17, 15) is 8.42 Å². The monoisotopic (exact) mass is 454 g/mol. The van der Waals surface area contributed by atoms with Crippen LogP contribution in [0.5, 0.6) is 0 Å². The standard InChI is InChI=1S/C21H34N2O3S2Si/c1-21(2,3)29(4,5)26-19-13-16-23(20(19)27)28(24,25)18-11-9-17(10-12-18)22-14-7-6-8-15-22/h9-12,19H,6-8,13-16H2,1-5H3. The van der Waals surface area contributed by atoms with Crippen molar-refractivity contribution in [2.45, 2.75) is 75.6 Å². The molecule has 8 heteroatoms. The zero-order valence-electron chi connectivity index (χ0n) is 18.3. The number of thiocarbonyl (C=S) groups is 1. The highest BCUT2D eigenvalue weighted by Gasteiger charge is 2.44. The molecule has 1 unspecified atom stereocenters. The minimum absolute atomic E-state index is 0.0548. The van der Waals surface area contributed by atoms with Gasteiger partial charge in [0.2, 0.25) is 0 Å². The fraction of sp³-hybridized carbons (Fsp3) is 0.667. The maximum absolute atomic E-state index is 13.2. The van der Waals surface area contributed by atoms with Crippen molar-refractivity contribution in [3.05, 3.63) is 24.3 Å². The van der Waals surface area contributed by atoms with E-state index in [1.54, 1.807) is 12.1 Å². The number of hydrogen-bond donors (Lipinski definition) is 0. The molecular formula is C21H34N2O3S2Si. The molecule has 0 saturated carbocycles. The fourth-order valence-electron chi connectivity index (χ4n) is 3.62. The van der Waals surface area contributed by atoms with Gasteiger partial charge in [0.05, 0.1) is 11.0 Å². The highest BCUT2D eigenvalue weighted by Crippen LogP contribution is 2.39. The van der Waals surface area contributed by atoms with Gasteiger partial charge in [-0.1, -0.05) is 33.0 Å². The summed E-state index contributed by atoms with van der Waals surface area (Å²) in [4.78, 5) is 3.02. The van der Waals surface area contributed by atoms with E-state index in [0.29, 0.717) is 22.8 Å². The largest absolute Gasteiger partial charge is 0.407 e. The van der Waals surface area contributed by atoms with Crippen molar-refractivity contribution < 1.29 is 12.8 Å². The van der Waals surface area contributed by atoms with Gasteiger partial charge in [-0.05, 0) is 68.1 Å². The molecule has 0 bridgehead atoms. The third-order valence-corrected chi connectivity index (χ3v) is 13.4. The van der Waals surface area contributed by atoms with E-state index in [-0.39, 0.29) is 11.1 Å². The van der Waals surface area contributed by atoms with Crippen molar-refractivity contribution in [1.82, 2.24) is 4.31 Å². The van der Waals surface area contributed by atoms with Crippen molar-refractivity contribution in [3.8, 4) is 0 Å². The highest BCUT2D eigenvalue weighted by atomic mass is 32.2. The molecule has 5 nitrogen and oxygen atoms in total. The van der Waals surface area contributed by atoms with Gasteiger partial charge in [-0.2, -0.15) is 0 Å². The van der Waals surface area contributed by atoms with Crippen LogP contribution < -0.4 is 4.90 Å². The first-order chi connectivity index (χ1) is 13.4. The van der Waals surface area contributed by atoms with E-state index in [2.05, 4.69) is 38.8 Å². The summed E-state index contributed by atoms with van der Waals surface area (Å²) < 4.78 is 34.2. The Morgan fingerprint density at radius 3 is 2.17 bits per heavy atom. The van der Waals surface area contributed by atoms with Crippen LogP contribution in [-0.2, 0) is 14.4 Å². The maximum atomic E-state index is 13.2. The van der Waals surface area contributed by atoms with Crippen LogP contribution >= 0.6 is 12.2 Å². The smallest absolute Gasteiger partial charge is 0.264 e. The molecule has 1 aromatic rings. The number of rotatable bonds is 5. The minimum Gasteiger partial charge on any atom is -0.407 e. The zero-order valence-corrected chi connectivity index (χ0v) is 20.9. The Hall–Kier alpha value is -0.963. The number of hydrogen-bond acceptors (Lipinski definition) is 5. The Bertz CT molecular complexity index is 842. The molecule has 0 aliphatic carbocycles. The van der Waals surface area contributed by atoms with Gasteiger partial charge < -0.3 is 9.33 Å². The number of benzene rings is 1. The average molecular weight is 455 g/mol. The first kappa shape index (κ1) is 22.7. The molecule has 3 rings (SSSR count). The molecule has 2 heterocycles. The van der Waals surface area contributed by atoms with Crippen LogP contribution in [0.2, 0.25) is 18.1 Å². The third kappa shape index (κ3) is 4.70. The summed E-state index contributed by atoms with van der Waals surface area (Å²) in [6, 6.07) is 7.26. The van der Waals surface area contributed by atoms with E-state index in [1.165, 1.54) is 23.6 Å². The van der Waals surface area contributed by atoms with E-state index in [0.717, 1.165) is 18.8 Å². The molecular weight excluding hydrogens is 420 g/mol. The summed E-state index contributed by atoms with van der Waals surface area (Å²) in [6.07, 6.45) is 3.98. The van der Waals surface area contributed by atoms with E-state index < -0.39 is 18.3 Å². The van der Waals surface area contributed by atoms with Crippen LogP contribution in [0.15, 0.2) is 29.2 Å². The van der Waals surface area contributed by atoms with Crippen LogP contribution in [-0.4, -0.2) is 51.8 Å². The fourth-order valence-corrected chi connectivity index (χ4v) is 6.98. The average Bonchev–Trinajstić information content (AvgIpc) is 3.02. The lowest BCUT2D eigenvalue weighted by molar-refractivity contribution is 0.246. The van der Waals surface area contributed by atoms with Gasteiger partial charge in [-0.15, -0.1) is 0 Å². The van der Waals surface area contributed by atoms with E-state index >= 15 is 0 Å². The SMILES string of the molecule is CC(C)(C)[Si](C)(C)OC1CCN(S(=O)(=O)c2ccc(N3CCCCC3)cc2)C1=S. The summed E-state index contributed by atoms with van der Waals surface area (Å²) in [6.45, 7) is 13.3. The van der Waals surface area contributed by atoms with Gasteiger partial charge in [0.15, 0.2) is 8.32 Å². The summed E-state index contributed by atoms with van der Waals surface area (Å²) in [7, 11) is -5.67. The molecule has 2 aliphatic heterocycles. The van der Waals surface area contributed by atoms with Crippen LogP contribution in [0, 0.1) is 0 Å². The van der Waals surface area contributed by atoms with E-state index in [1.807, 2.05) is 12.1 Å². The van der Waals surface area contributed by atoms with E-state index in [4.69, 9.17) is 16.6 Å². The minimum atomic E-state index is -3.65. The van der Waals surface area contributed by atoms with Crippen molar-refractivity contribution in [3.63, 3.8) is 0 Å². The maximum Gasteiger partial charge on any atom is 0.264 e. The lowest BCUT2D eigenvalue weighted by atomic mass is 10.1. The Labute approximate surface area is 182 Å². The number of nitrogens with zero attached hydrogens (tertiary/aromatic N) is 2. The molecule has 162 valence electrons. The number of sulfonamides is 1. The van der Waals surface area contributed by atoms with Crippen LogP contribution in [0.3, 0.4) is 0 Å². The Morgan fingerprint density at radius 1 is 1.03 bits per heavy atom. The van der Waals surface area contributed by atoms with Gasteiger partial charge >= 0.3 is 0 Å². The van der Waals surface area contributed by atoms with Gasteiger partial charge in [-0.25, -0.2) is 8.42 Å². The molecule has 0 radical (unpaired) electrons. The zero-order chi connectivity index (χ0) is 21.4. The molecule has 0 spiro atoms. The third-order valence-electron chi connectivity index (χ3n) is 6.50.